The molecule has 0 saturated carbocycles. The molecule has 0 saturated heterocycles. The Bertz CT molecular complexity index is 637. The van der Waals surface area contributed by atoms with Gasteiger partial charge in [0.1, 0.15) is 0 Å². The molecule has 0 radical (unpaired) electrons. The monoisotopic (exact) mass is 316 g/mol. The van der Waals surface area contributed by atoms with Crippen molar-refractivity contribution in [2.75, 3.05) is 11.9 Å². The molecule has 6 nitrogen and oxygen atoms in total. The Morgan fingerprint density at radius 1 is 1.30 bits per heavy atom. The summed E-state index contributed by atoms with van der Waals surface area (Å²) in [4.78, 5) is 11.9. The molecule has 0 aliphatic carbocycles. The molecule has 0 bridgehead atoms. The predicted octanol–water partition coefficient (Wildman–Crippen LogP) is 3.23. The average Bonchev–Trinajstić information content (AvgIpc) is 2.91. The number of rotatable bonds is 6. The van der Waals surface area contributed by atoms with E-state index in [2.05, 4.69) is 40.2 Å². The van der Waals surface area contributed by atoms with Crippen molar-refractivity contribution in [1.29, 1.82) is 0 Å². The molecular formula is C17H24N4O2. The van der Waals surface area contributed by atoms with E-state index >= 15 is 0 Å². The zero-order chi connectivity index (χ0) is 16.9. The normalized spacial score (nSPS) is 12.7. The van der Waals surface area contributed by atoms with Crippen LogP contribution in [0.2, 0.25) is 0 Å². The van der Waals surface area contributed by atoms with E-state index in [4.69, 9.17) is 4.52 Å². The number of nitrogens with one attached hydrogen (secondary N) is 3. The number of hydrogen-bond acceptors (Lipinski definition) is 4. The van der Waals surface area contributed by atoms with Crippen molar-refractivity contribution >= 4 is 11.9 Å². The third kappa shape index (κ3) is 5.41. The highest BCUT2D eigenvalue weighted by Crippen LogP contribution is 2.15. The minimum atomic E-state index is -0.316. The second kappa shape index (κ2) is 7.28. The molecule has 0 fully saturated rings. The number of hydrogen-bond donors (Lipinski definition) is 3. The van der Waals surface area contributed by atoms with Crippen LogP contribution < -0.4 is 16.0 Å². The summed E-state index contributed by atoms with van der Waals surface area (Å²) >= 11 is 0. The van der Waals surface area contributed by atoms with Gasteiger partial charge in [-0.2, -0.15) is 0 Å². The summed E-state index contributed by atoms with van der Waals surface area (Å²) in [6, 6.07) is 11.7. The van der Waals surface area contributed by atoms with Crippen LogP contribution in [-0.2, 0) is 0 Å². The van der Waals surface area contributed by atoms with Crippen molar-refractivity contribution < 1.29 is 9.32 Å². The molecule has 23 heavy (non-hydrogen) atoms. The molecular weight excluding hydrogens is 292 g/mol. The fourth-order valence-corrected chi connectivity index (χ4v) is 2.34. The second-order valence-electron chi connectivity index (χ2n) is 6.30. The SMILES string of the molecule is Cc1cc(NC(=O)NCC(C)(C)NC(C)c2ccccc2)on1. The van der Waals surface area contributed by atoms with Crippen LogP contribution in [-0.4, -0.2) is 23.3 Å². The van der Waals surface area contributed by atoms with Crippen LogP contribution in [0.1, 0.15) is 38.1 Å². The van der Waals surface area contributed by atoms with Crippen molar-refractivity contribution in [3.05, 3.63) is 47.7 Å². The first-order valence-electron chi connectivity index (χ1n) is 7.66. The number of aryl methyl sites for hydroxylation is 1. The molecule has 6 heteroatoms. The first-order chi connectivity index (χ1) is 10.9. The zero-order valence-electron chi connectivity index (χ0n) is 14.0. The van der Waals surface area contributed by atoms with Gasteiger partial charge in [-0.15, -0.1) is 0 Å². The molecule has 1 heterocycles. The summed E-state index contributed by atoms with van der Waals surface area (Å²) in [6.07, 6.45) is 0. The lowest BCUT2D eigenvalue weighted by atomic mass is 10.0. The van der Waals surface area contributed by atoms with E-state index in [9.17, 15) is 4.79 Å². The third-order valence-corrected chi connectivity index (χ3v) is 3.46. The predicted molar refractivity (Wildman–Crippen MR) is 90.3 cm³/mol. The van der Waals surface area contributed by atoms with Crippen LogP contribution in [0.3, 0.4) is 0 Å². The Kier molecular flexibility index (Phi) is 5.39. The van der Waals surface area contributed by atoms with Gasteiger partial charge in [-0.1, -0.05) is 35.5 Å². The maximum Gasteiger partial charge on any atom is 0.321 e. The van der Waals surface area contributed by atoms with Crippen LogP contribution in [0.5, 0.6) is 0 Å². The maximum atomic E-state index is 11.9. The van der Waals surface area contributed by atoms with E-state index in [0.29, 0.717) is 12.4 Å². The van der Waals surface area contributed by atoms with Gasteiger partial charge in [0.2, 0.25) is 5.88 Å². The fourth-order valence-electron chi connectivity index (χ4n) is 2.34. The fraction of sp³-hybridized carbons (Fsp3) is 0.412. The molecule has 2 rings (SSSR count). The van der Waals surface area contributed by atoms with Crippen molar-refractivity contribution in [2.24, 2.45) is 0 Å². The summed E-state index contributed by atoms with van der Waals surface area (Å²) in [5.41, 5.74) is 1.67. The molecule has 2 amide bonds. The van der Waals surface area contributed by atoms with Crippen LogP contribution in [0.4, 0.5) is 10.7 Å². The van der Waals surface area contributed by atoms with Crippen molar-refractivity contribution in [3.8, 4) is 0 Å². The Morgan fingerprint density at radius 2 is 2.00 bits per heavy atom. The molecule has 124 valence electrons. The highest BCUT2D eigenvalue weighted by Gasteiger charge is 2.21. The number of carbonyl (C=O) groups is 1. The second-order valence-corrected chi connectivity index (χ2v) is 6.30. The van der Waals surface area contributed by atoms with Crippen LogP contribution in [0.25, 0.3) is 0 Å². The van der Waals surface area contributed by atoms with Crippen molar-refractivity contribution in [2.45, 2.75) is 39.3 Å². The minimum Gasteiger partial charge on any atom is -0.338 e. The number of amides is 2. The van der Waals surface area contributed by atoms with Gasteiger partial charge < -0.3 is 15.2 Å². The van der Waals surface area contributed by atoms with E-state index in [1.54, 1.807) is 13.0 Å². The number of aromatic nitrogens is 1. The third-order valence-electron chi connectivity index (χ3n) is 3.46. The molecule has 1 aromatic heterocycles. The molecule has 1 unspecified atom stereocenters. The van der Waals surface area contributed by atoms with Gasteiger partial charge in [0.15, 0.2) is 0 Å². The standard InChI is InChI=1S/C17H24N4O2/c1-12-10-15(23-21-12)19-16(22)18-11-17(3,4)20-13(2)14-8-6-5-7-9-14/h5-10,13,20H,11H2,1-4H3,(H2,18,19,22). The average molecular weight is 316 g/mol. The van der Waals surface area contributed by atoms with Gasteiger partial charge in [-0.3, -0.25) is 5.32 Å². The lowest BCUT2D eigenvalue weighted by molar-refractivity contribution is 0.245. The van der Waals surface area contributed by atoms with Gasteiger partial charge in [0.25, 0.3) is 0 Å². The maximum absolute atomic E-state index is 11.9. The summed E-state index contributed by atoms with van der Waals surface area (Å²) in [5, 5.41) is 12.7. The van der Waals surface area contributed by atoms with E-state index in [0.717, 1.165) is 5.69 Å². The summed E-state index contributed by atoms with van der Waals surface area (Å²) in [6.45, 7) is 8.47. The van der Waals surface area contributed by atoms with Crippen molar-refractivity contribution in [3.63, 3.8) is 0 Å². The quantitative estimate of drug-likeness (QED) is 0.764. The molecule has 0 aliphatic rings. The van der Waals surface area contributed by atoms with Gasteiger partial charge in [-0.25, -0.2) is 4.79 Å². The van der Waals surface area contributed by atoms with Crippen LogP contribution in [0, 0.1) is 6.92 Å². The van der Waals surface area contributed by atoms with Crippen LogP contribution >= 0.6 is 0 Å². The van der Waals surface area contributed by atoms with Gasteiger partial charge in [-0.05, 0) is 33.3 Å². The van der Waals surface area contributed by atoms with E-state index in [-0.39, 0.29) is 17.6 Å². The molecule has 1 aromatic carbocycles. The molecule has 0 aliphatic heterocycles. The Labute approximate surface area is 136 Å². The van der Waals surface area contributed by atoms with E-state index in [1.165, 1.54) is 5.56 Å². The van der Waals surface area contributed by atoms with Crippen LogP contribution in [0.15, 0.2) is 40.9 Å². The van der Waals surface area contributed by atoms with E-state index < -0.39 is 0 Å². The Balaban J connectivity index is 1.82. The number of benzene rings is 1. The van der Waals surface area contributed by atoms with Gasteiger partial charge in [0.05, 0.1) is 5.69 Å². The van der Waals surface area contributed by atoms with Gasteiger partial charge >= 0.3 is 6.03 Å². The molecule has 0 spiro atoms. The smallest absolute Gasteiger partial charge is 0.321 e. The lowest BCUT2D eigenvalue weighted by Gasteiger charge is -2.30. The molecule has 3 N–H and O–H groups in total. The first kappa shape index (κ1) is 17.0. The molecule has 2 aromatic rings. The first-order valence-corrected chi connectivity index (χ1v) is 7.66. The largest absolute Gasteiger partial charge is 0.338 e. The number of nitrogens with zero attached hydrogens (tertiary/aromatic N) is 1. The van der Waals surface area contributed by atoms with Gasteiger partial charge in [0, 0.05) is 24.2 Å². The summed E-state index contributed by atoms with van der Waals surface area (Å²) < 4.78 is 4.95. The topological polar surface area (TPSA) is 79.2 Å². The van der Waals surface area contributed by atoms with E-state index in [1.807, 2.05) is 32.0 Å². The minimum absolute atomic E-state index is 0.188. The summed E-state index contributed by atoms with van der Waals surface area (Å²) in [5.74, 6) is 0.336. The number of anilines is 1. The highest BCUT2D eigenvalue weighted by molar-refractivity contribution is 5.87. The highest BCUT2D eigenvalue weighted by atomic mass is 16.5. The number of urea groups is 1. The number of carbonyl (C=O) groups excluding carboxylic acids is 1. The summed E-state index contributed by atoms with van der Waals surface area (Å²) in [7, 11) is 0. The molecule has 1 atom stereocenters. The van der Waals surface area contributed by atoms with Crippen molar-refractivity contribution in [1.82, 2.24) is 15.8 Å². The zero-order valence-corrected chi connectivity index (χ0v) is 14.0. The Morgan fingerprint density at radius 3 is 2.61 bits per heavy atom. The Hall–Kier alpha value is -2.34. The lowest BCUT2D eigenvalue weighted by Crippen LogP contribution is -2.50.